The second kappa shape index (κ2) is 7.63. The van der Waals surface area contributed by atoms with Gasteiger partial charge in [-0.3, -0.25) is 0 Å². The van der Waals surface area contributed by atoms with Crippen molar-refractivity contribution in [2.45, 2.75) is 13.3 Å². The van der Waals surface area contributed by atoms with Crippen molar-refractivity contribution in [3.05, 3.63) is 27.7 Å². The number of nitrogens with one attached hydrogen (secondary N) is 2. The number of urea groups is 1. The van der Waals surface area contributed by atoms with E-state index in [9.17, 15) is 9.59 Å². The third-order valence-electron chi connectivity index (χ3n) is 2.24. The number of carboxylic acid groups (broad SMARTS) is 1. The number of hydrogen-bond donors (Lipinski definition) is 3. The Balaban J connectivity index is 2.74. The largest absolute Gasteiger partial charge is 0.478 e. The molecule has 0 unspecified atom stereocenters. The topological polar surface area (TPSA) is 78.4 Å². The van der Waals surface area contributed by atoms with Gasteiger partial charge in [0.15, 0.2) is 0 Å². The molecule has 2 amide bonds. The number of rotatable bonds is 4. The van der Waals surface area contributed by atoms with Gasteiger partial charge in [0.25, 0.3) is 0 Å². The fourth-order valence-corrected chi connectivity index (χ4v) is 1.92. The maximum atomic E-state index is 11.6. The molecule has 0 fully saturated rings. The summed E-state index contributed by atoms with van der Waals surface area (Å²) in [7, 11) is 0. The van der Waals surface area contributed by atoms with Gasteiger partial charge in [0.05, 0.1) is 21.3 Å². The van der Waals surface area contributed by atoms with Crippen molar-refractivity contribution in [1.29, 1.82) is 0 Å². The zero-order valence-electron chi connectivity index (χ0n) is 10.6. The highest BCUT2D eigenvalue weighted by molar-refractivity contribution is 6.40. The van der Waals surface area contributed by atoms with Crippen molar-refractivity contribution in [2.24, 2.45) is 0 Å². The Hall–Kier alpha value is -1.90. The normalized spacial score (nSPS) is 9.35. The van der Waals surface area contributed by atoms with Gasteiger partial charge in [0.1, 0.15) is 0 Å². The lowest BCUT2D eigenvalue weighted by atomic mass is 10.2. The van der Waals surface area contributed by atoms with E-state index in [4.69, 9.17) is 28.3 Å². The molecular formula is C13H12Cl2N2O3. The van der Waals surface area contributed by atoms with E-state index in [1.54, 1.807) is 6.92 Å². The van der Waals surface area contributed by atoms with E-state index in [1.165, 1.54) is 12.1 Å². The minimum Gasteiger partial charge on any atom is -0.478 e. The minimum atomic E-state index is -1.15. The lowest BCUT2D eigenvalue weighted by Gasteiger charge is -2.10. The van der Waals surface area contributed by atoms with Gasteiger partial charge in [-0.25, -0.2) is 9.59 Å². The molecule has 0 bridgehead atoms. The number of benzene rings is 1. The molecule has 0 aliphatic rings. The zero-order chi connectivity index (χ0) is 15.1. The quantitative estimate of drug-likeness (QED) is 0.589. The van der Waals surface area contributed by atoms with Crippen LogP contribution in [-0.2, 0) is 0 Å². The van der Waals surface area contributed by atoms with Gasteiger partial charge in [0, 0.05) is 13.0 Å². The van der Waals surface area contributed by atoms with Crippen molar-refractivity contribution in [3.63, 3.8) is 0 Å². The van der Waals surface area contributed by atoms with Crippen molar-refractivity contribution in [1.82, 2.24) is 5.32 Å². The second-order valence-electron chi connectivity index (χ2n) is 3.68. The predicted octanol–water partition coefficient (Wildman–Crippen LogP) is 3.23. The molecule has 0 heterocycles. The Bertz CT molecular complexity index is 568. The zero-order valence-corrected chi connectivity index (χ0v) is 12.1. The fraction of sp³-hybridized carbons (Fsp3) is 0.231. The molecule has 20 heavy (non-hydrogen) atoms. The summed E-state index contributed by atoms with van der Waals surface area (Å²) in [6, 6.07) is 1.94. The number of carboxylic acids is 1. The van der Waals surface area contributed by atoms with E-state index < -0.39 is 12.0 Å². The summed E-state index contributed by atoms with van der Waals surface area (Å²) in [5, 5.41) is 14.0. The summed E-state index contributed by atoms with van der Waals surface area (Å²) in [5.74, 6) is 4.36. The lowest BCUT2D eigenvalue weighted by molar-refractivity contribution is 0.0697. The van der Waals surface area contributed by atoms with Crippen LogP contribution in [0.25, 0.3) is 0 Å². The molecule has 1 aromatic carbocycles. The summed E-state index contributed by atoms with van der Waals surface area (Å²) in [6.07, 6.45) is 0.531. The number of carbonyl (C=O) groups is 2. The van der Waals surface area contributed by atoms with Crippen LogP contribution in [-0.4, -0.2) is 23.7 Å². The average Bonchev–Trinajstić information content (AvgIpc) is 2.38. The smallest absolute Gasteiger partial charge is 0.335 e. The first-order chi connectivity index (χ1) is 9.45. The van der Waals surface area contributed by atoms with Crippen LogP contribution in [0, 0.1) is 11.8 Å². The molecule has 0 aromatic heterocycles. The highest BCUT2D eigenvalue weighted by Crippen LogP contribution is 2.31. The van der Waals surface area contributed by atoms with E-state index in [1.807, 2.05) is 0 Å². The van der Waals surface area contributed by atoms with Crippen LogP contribution in [0.5, 0.6) is 0 Å². The third-order valence-corrected chi connectivity index (χ3v) is 2.84. The van der Waals surface area contributed by atoms with Crippen molar-refractivity contribution < 1.29 is 14.7 Å². The molecular weight excluding hydrogens is 303 g/mol. The molecule has 5 nitrogen and oxygen atoms in total. The summed E-state index contributed by atoms with van der Waals surface area (Å²) in [6.45, 7) is 2.10. The monoisotopic (exact) mass is 314 g/mol. The summed E-state index contributed by atoms with van der Waals surface area (Å²) in [5.41, 5.74) is 0.113. The van der Waals surface area contributed by atoms with Gasteiger partial charge in [-0.15, -0.1) is 11.8 Å². The summed E-state index contributed by atoms with van der Waals surface area (Å²) < 4.78 is 0. The molecule has 0 saturated heterocycles. The van der Waals surface area contributed by atoms with Crippen molar-refractivity contribution in [3.8, 4) is 11.8 Å². The van der Waals surface area contributed by atoms with Crippen molar-refractivity contribution >= 4 is 40.9 Å². The fourth-order valence-electron chi connectivity index (χ4n) is 1.34. The van der Waals surface area contributed by atoms with Crippen LogP contribution in [0.15, 0.2) is 12.1 Å². The van der Waals surface area contributed by atoms with Gasteiger partial charge in [-0.05, 0) is 19.1 Å². The average molecular weight is 315 g/mol. The summed E-state index contributed by atoms with van der Waals surface area (Å²) >= 11 is 11.8. The standard InChI is InChI=1S/C13H12Cl2N2O3/c1-2-3-4-5-16-13(20)17-11-9(14)6-8(12(18)19)7-10(11)15/h6-7H,4-5H2,1H3,(H,18,19)(H2,16,17,20). The predicted molar refractivity (Wildman–Crippen MR) is 78.5 cm³/mol. The first-order valence-corrected chi connectivity index (χ1v) is 6.38. The van der Waals surface area contributed by atoms with Crippen LogP contribution in [0.1, 0.15) is 23.7 Å². The van der Waals surface area contributed by atoms with Gasteiger partial charge in [-0.2, -0.15) is 0 Å². The molecule has 0 radical (unpaired) electrons. The van der Waals surface area contributed by atoms with Crippen LogP contribution in [0.2, 0.25) is 10.0 Å². The molecule has 0 aliphatic carbocycles. The van der Waals surface area contributed by atoms with E-state index >= 15 is 0 Å². The number of halogens is 2. The molecule has 0 saturated carbocycles. The number of carbonyl (C=O) groups excluding carboxylic acids is 1. The van der Waals surface area contributed by atoms with Crippen molar-refractivity contribution in [2.75, 3.05) is 11.9 Å². The molecule has 3 N–H and O–H groups in total. The SMILES string of the molecule is CC#CCCNC(=O)Nc1c(Cl)cc(C(=O)O)cc1Cl. The first-order valence-electron chi connectivity index (χ1n) is 5.62. The highest BCUT2D eigenvalue weighted by Gasteiger charge is 2.14. The van der Waals surface area contributed by atoms with Crippen LogP contribution in [0.3, 0.4) is 0 Å². The molecule has 0 aliphatic heterocycles. The molecule has 106 valence electrons. The molecule has 1 rings (SSSR count). The molecule has 1 aromatic rings. The third kappa shape index (κ3) is 4.65. The minimum absolute atomic E-state index is 0.0517. The Kier molecular flexibility index (Phi) is 6.16. The summed E-state index contributed by atoms with van der Waals surface area (Å²) in [4.78, 5) is 22.4. The van der Waals surface area contributed by atoms with Crippen LogP contribution >= 0.6 is 23.2 Å². The Morgan fingerprint density at radius 2 is 1.90 bits per heavy atom. The Labute approximate surface area is 126 Å². The molecule has 0 spiro atoms. The van der Waals surface area contributed by atoms with E-state index in [0.717, 1.165) is 0 Å². The van der Waals surface area contributed by atoms with E-state index in [0.29, 0.717) is 13.0 Å². The van der Waals surface area contributed by atoms with Gasteiger partial charge >= 0.3 is 12.0 Å². The van der Waals surface area contributed by atoms with Crippen LogP contribution < -0.4 is 10.6 Å². The molecule has 7 heteroatoms. The first kappa shape index (κ1) is 16.2. The number of amides is 2. The maximum Gasteiger partial charge on any atom is 0.335 e. The van der Waals surface area contributed by atoms with Gasteiger partial charge < -0.3 is 15.7 Å². The number of aromatic carboxylic acids is 1. The Morgan fingerprint density at radius 3 is 2.40 bits per heavy atom. The van der Waals surface area contributed by atoms with E-state index in [2.05, 4.69) is 22.5 Å². The maximum absolute atomic E-state index is 11.6. The lowest BCUT2D eigenvalue weighted by Crippen LogP contribution is -2.29. The Morgan fingerprint density at radius 1 is 1.30 bits per heavy atom. The second-order valence-corrected chi connectivity index (χ2v) is 4.49. The van der Waals surface area contributed by atoms with Gasteiger partial charge in [-0.1, -0.05) is 23.2 Å². The highest BCUT2D eigenvalue weighted by atomic mass is 35.5. The van der Waals surface area contributed by atoms with Gasteiger partial charge in [0.2, 0.25) is 0 Å². The molecule has 0 atom stereocenters. The van der Waals surface area contributed by atoms with Crippen LogP contribution in [0.4, 0.5) is 10.5 Å². The number of anilines is 1. The number of hydrogen-bond acceptors (Lipinski definition) is 2. The van der Waals surface area contributed by atoms with E-state index in [-0.39, 0.29) is 21.3 Å².